The van der Waals surface area contributed by atoms with Crippen molar-refractivity contribution < 1.29 is 4.79 Å². The van der Waals surface area contributed by atoms with Gasteiger partial charge in [0.15, 0.2) is 5.69 Å². The van der Waals surface area contributed by atoms with E-state index in [4.69, 9.17) is 0 Å². The molecule has 1 N–H and O–H groups in total. The topological polar surface area (TPSA) is 63.1 Å². The van der Waals surface area contributed by atoms with Crippen LogP contribution >= 0.6 is 11.3 Å². The molecule has 1 aliphatic rings. The van der Waals surface area contributed by atoms with Crippen LogP contribution in [0.25, 0.3) is 0 Å². The maximum absolute atomic E-state index is 12.4. The summed E-state index contributed by atoms with van der Waals surface area (Å²) >= 11 is 1.67. The lowest BCUT2D eigenvalue weighted by Gasteiger charge is -2.17. The van der Waals surface area contributed by atoms with Crippen molar-refractivity contribution in [3.05, 3.63) is 34.3 Å². The second-order valence-electron chi connectivity index (χ2n) is 4.78. The molecule has 0 radical (unpaired) electrons. The van der Waals surface area contributed by atoms with Gasteiger partial charge in [-0.25, -0.2) is 4.68 Å². The van der Waals surface area contributed by atoms with Gasteiger partial charge in [-0.1, -0.05) is 11.3 Å². The van der Waals surface area contributed by atoms with Gasteiger partial charge in [0.25, 0.3) is 5.91 Å². The predicted octanol–water partition coefficient (Wildman–Crippen LogP) is 0.823. The molecule has 3 rings (SSSR count). The van der Waals surface area contributed by atoms with Crippen LogP contribution < -0.4 is 5.32 Å². The van der Waals surface area contributed by atoms with Gasteiger partial charge in [-0.3, -0.25) is 4.79 Å². The van der Waals surface area contributed by atoms with E-state index in [1.165, 1.54) is 4.88 Å². The van der Waals surface area contributed by atoms with Gasteiger partial charge in [0.2, 0.25) is 0 Å². The van der Waals surface area contributed by atoms with Crippen molar-refractivity contribution in [3.63, 3.8) is 0 Å². The van der Waals surface area contributed by atoms with E-state index in [1.54, 1.807) is 22.2 Å². The van der Waals surface area contributed by atoms with E-state index < -0.39 is 0 Å². The van der Waals surface area contributed by atoms with Crippen molar-refractivity contribution >= 4 is 17.2 Å². The minimum atomic E-state index is -0.0221. The molecule has 1 fully saturated rings. The average molecular weight is 291 g/mol. The fraction of sp³-hybridized carbons (Fsp3) is 0.462. The largest absolute Gasteiger partial charge is 0.336 e. The van der Waals surface area contributed by atoms with Crippen molar-refractivity contribution in [2.24, 2.45) is 0 Å². The highest BCUT2D eigenvalue weighted by Crippen LogP contribution is 2.10. The molecule has 6 nitrogen and oxygen atoms in total. The molecular formula is C13H17N5OS. The van der Waals surface area contributed by atoms with Crippen LogP contribution in [0.2, 0.25) is 0 Å². The Hall–Kier alpha value is -1.73. The van der Waals surface area contributed by atoms with Crippen LogP contribution in [0.1, 0.15) is 21.8 Å². The van der Waals surface area contributed by atoms with E-state index >= 15 is 0 Å². The SMILES string of the molecule is O=C(c1cn(Cc2cccs2)nn1)N1CCCNCC1. The van der Waals surface area contributed by atoms with E-state index in [0.717, 1.165) is 32.6 Å². The number of nitrogens with one attached hydrogen (secondary N) is 1. The van der Waals surface area contributed by atoms with Gasteiger partial charge < -0.3 is 10.2 Å². The molecule has 1 saturated heterocycles. The van der Waals surface area contributed by atoms with E-state index in [2.05, 4.69) is 15.6 Å². The third-order valence-electron chi connectivity index (χ3n) is 3.28. The van der Waals surface area contributed by atoms with Gasteiger partial charge in [0.05, 0.1) is 12.7 Å². The Bertz CT molecular complexity index is 557. The molecule has 2 aromatic rings. The smallest absolute Gasteiger partial charge is 0.276 e. The predicted molar refractivity (Wildman–Crippen MR) is 76.8 cm³/mol. The standard InChI is InChI=1S/C13H17N5OS/c19-13(17-6-2-4-14-5-7-17)12-10-18(16-15-12)9-11-3-1-8-20-11/h1,3,8,10,14H,2,4-7,9H2. The summed E-state index contributed by atoms with van der Waals surface area (Å²) in [5, 5.41) is 13.4. The minimum Gasteiger partial charge on any atom is -0.336 e. The summed E-state index contributed by atoms with van der Waals surface area (Å²) in [5.74, 6) is -0.0221. The first-order valence-corrected chi connectivity index (χ1v) is 7.63. The van der Waals surface area contributed by atoms with Crippen LogP contribution in [-0.2, 0) is 6.54 Å². The van der Waals surface area contributed by atoms with E-state index in [-0.39, 0.29) is 5.91 Å². The maximum Gasteiger partial charge on any atom is 0.276 e. The third kappa shape index (κ3) is 3.05. The summed E-state index contributed by atoms with van der Waals surface area (Å²) in [7, 11) is 0. The molecule has 1 amide bonds. The Morgan fingerprint density at radius 2 is 2.35 bits per heavy atom. The fourth-order valence-electron chi connectivity index (χ4n) is 2.25. The summed E-state index contributed by atoms with van der Waals surface area (Å²) < 4.78 is 1.72. The van der Waals surface area contributed by atoms with Crippen molar-refractivity contribution in [3.8, 4) is 0 Å². The zero-order valence-corrected chi connectivity index (χ0v) is 12.0. The molecule has 0 aromatic carbocycles. The van der Waals surface area contributed by atoms with Gasteiger partial charge in [-0.15, -0.1) is 16.4 Å². The number of rotatable bonds is 3. The lowest BCUT2D eigenvalue weighted by atomic mass is 10.3. The van der Waals surface area contributed by atoms with E-state index in [0.29, 0.717) is 12.2 Å². The molecule has 106 valence electrons. The van der Waals surface area contributed by atoms with E-state index in [9.17, 15) is 4.79 Å². The van der Waals surface area contributed by atoms with Gasteiger partial charge in [-0.05, 0) is 24.4 Å². The molecule has 0 atom stereocenters. The molecule has 0 bridgehead atoms. The minimum absolute atomic E-state index is 0.0221. The summed E-state index contributed by atoms with van der Waals surface area (Å²) in [6.07, 6.45) is 2.72. The highest BCUT2D eigenvalue weighted by atomic mass is 32.1. The Morgan fingerprint density at radius 3 is 3.20 bits per heavy atom. The van der Waals surface area contributed by atoms with Crippen molar-refractivity contribution in [1.29, 1.82) is 0 Å². The van der Waals surface area contributed by atoms with Crippen LogP contribution in [0.3, 0.4) is 0 Å². The first-order valence-electron chi connectivity index (χ1n) is 6.75. The molecule has 0 aliphatic carbocycles. The number of nitrogens with zero attached hydrogens (tertiary/aromatic N) is 4. The molecule has 0 spiro atoms. The summed E-state index contributed by atoms with van der Waals surface area (Å²) in [4.78, 5) is 15.4. The fourth-order valence-corrected chi connectivity index (χ4v) is 2.94. The zero-order chi connectivity index (χ0) is 13.8. The molecule has 0 saturated carbocycles. The quantitative estimate of drug-likeness (QED) is 0.909. The normalized spacial score (nSPS) is 16.1. The van der Waals surface area contributed by atoms with E-state index in [1.807, 2.05) is 22.4 Å². The monoisotopic (exact) mass is 291 g/mol. The molecule has 1 aliphatic heterocycles. The number of carbonyl (C=O) groups excluding carboxylic acids is 1. The van der Waals surface area contributed by atoms with Gasteiger partial charge in [-0.2, -0.15) is 0 Å². The number of hydrogen-bond acceptors (Lipinski definition) is 5. The molecule has 20 heavy (non-hydrogen) atoms. The number of hydrogen-bond donors (Lipinski definition) is 1. The molecular weight excluding hydrogens is 274 g/mol. The van der Waals surface area contributed by atoms with Crippen LogP contribution in [-0.4, -0.2) is 52.0 Å². The second-order valence-corrected chi connectivity index (χ2v) is 5.81. The summed E-state index contributed by atoms with van der Waals surface area (Å²) in [6, 6.07) is 4.06. The molecule has 2 aromatic heterocycles. The molecule has 7 heteroatoms. The van der Waals surface area contributed by atoms with Crippen LogP contribution in [0.15, 0.2) is 23.7 Å². The van der Waals surface area contributed by atoms with Crippen LogP contribution in [0.5, 0.6) is 0 Å². The Labute approximate surface area is 121 Å². The van der Waals surface area contributed by atoms with Crippen molar-refractivity contribution in [1.82, 2.24) is 25.2 Å². The Morgan fingerprint density at radius 1 is 1.40 bits per heavy atom. The Kier molecular flexibility index (Phi) is 4.08. The number of carbonyl (C=O) groups is 1. The van der Waals surface area contributed by atoms with Gasteiger partial charge in [0.1, 0.15) is 0 Å². The highest BCUT2D eigenvalue weighted by molar-refractivity contribution is 7.09. The lowest BCUT2D eigenvalue weighted by molar-refractivity contribution is 0.0760. The third-order valence-corrected chi connectivity index (χ3v) is 4.14. The van der Waals surface area contributed by atoms with Crippen LogP contribution in [0, 0.1) is 0 Å². The lowest BCUT2D eigenvalue weighted by Crippen LogP contribution is -2.34. The van der Waals surface area contributed by atoms with Gasteiger partial charge in [0, 0.05) is 24.5 Å². The average Bonchev–Trinajstić information content (AvgIpc) is 3.05. The summed E-state index contributed by atoms with van der Waals surface area (Å²) in [5.41, 5.74) is 0.434. The second kappa shape index (κ2) is 6.15. The maximum atomic E-state index is 12.4. The first kappa shape index (κ1) is 13.3. The van der Waals surface area contributed by atoms with Crippen molar-refractivity contribution in [2.45, 2.75) is 13.0 Å². The highest BCUT2D eigenvalue weighted by Gasteiger charge is 2.20. The summed E-state index contributed by atoms with van der Waals surface area (Å²) in [6.45, 7) is 3.99. The number of amides is 1. The zero-order valence-electron chi connectivity index (χ0n) is 11.2. The van der Waals surface area contributed by atoms with Crippen molar-refractivity contribution in [2.75, 3.05) is 26.2 Å². The number of thiophene rings is 1. The molecule has 0 unspecified atom stereocenters. The number of aromatic nitrogens is 3. The first-order chi connectivity index (χ1) is 9.83. The van der Waals surface area contributed by atoms with Crippen LogP contribution in [0.4, 0.5) is 0 Å². The van der Waals surface area contributed by atoms with Gasteiger partial charge >= 0.3 is 0 Å². The molecule has 3 heterocycles. The Balaban J connectivity index is 1.67.